The second-order valence-electron chi connectivity index (χ2n) is 4.96. The SMILES string of the molecule is CC(C)Cc1nnc(NC(=O)Cn2cc(Br)ccc2=O)s1. The number of halogens is 1. The fourth-order valence-electron chi connectivity index (χ4n) is 1.68. The van der Waals surface area contributed by atoms with E-state index in [2.05, 4.69) is 45.3 Å². The first-order chi connectivity index (χ1) is 9.94. The molecule has 1 amide bonds. The van der Waals surface area contributed by atoms with E-state index in [-0.39, 0.29) is 18.0 Å². The van der Waals surface area contributed by atoms with Gasteiger partial charge in [-0.25, -0.2) is 0 Å². The van der Waals surface area contributed by atoms with Crippen molar-refractivity contribution in [3.8, 4) is 0 Å². The van der Waals surface area contributed by atoms with E-state index in [1.54, 1.807) is 12.3 Å². The molecule has 0 saturated heterocycles. The predicted molar refractivity (Wildman–Crippen MR) is 85.5 cm³/mol. The smallest absolute Gasteiger partial charge is 0.251 e. The fourth-order valence-corrected chi connectivity index (χ4v) is 3.02. The van der Waals surface area contributed by atoms with Gasteiger partial charge in [0.2, 0.25) is 11.0 Å². The molecule has 2 aromatic heterocycles. The number of nitrogens with one attached hydrogen (secondary N) is 1. The summed E-state index contributed by atoms with van der Waals surface area (Å²) < 4.78 is 2.07. The summed E-state index contributed by atoms with van der Waals surface area (Å²) in [6.45, 7) is 4.13. The zero-order chi connectivity index (χ0) is 15.4. The Morgan fingerprint density at radius 1 is 1.43 bits per heavy atom. The Labute approximate surface area is 134 Å². The van der Waals surface area contributed by atoms with Crippen molar-refractivity contribution >= 4 is 38.3 Å². The zero-order valence-corrected chi connectivity index (χ0v) is 14.1. The quantitative estimate of drug-likeness (QED) is 0.875. The van der Waals surface area contributed by atoms with Crippen LogP contribution in [0.4, 0.5) is 5.13 Å². The molecule has 0 radical (unpaired) electrons. The van der Waals surface area contributed by atoms with Gasteiger partial charge in [0.1, 0.15) is 11.6 Å². The van der Waals surface area contributed by atoms with Crippen LogP contribution in [0.2, 0.25) is 0 Å². The Hall–Kier alpha value is -1.54. The molecule has 8 heteroatoms. The molecule has 2 rings (SSSR count). The molecule has 1 N–H and O–H groups in total. The number of rotatable bonds is 5. The monoisotopic (exact) mass is 370 g/mol. The first-order valence-electron chi connectivity index (χ1n) is 6.42. The molecule has 0 spiro atoms. The maximum Gasteiger partial charge on any atom is 0.251 e. The lowest BCUT2D eigenvalue weighted by atomic mass is 10.1. The van der Waals surface area contributed by atoms with Crippen molar-refractivity contribution in [2.24, 2.45) is 5.92 Å². The second-order valence-corrected chi connectivity index (χ2v) is 6.94. The van der Waals surface area contributed by atoms with Gasteiger partial charge in [-0.2, -0.15) is 0 Å². The molecule has 0 bridgehead atoms. The molecule has 2 heterocycles. The lowest BCUT2D eigenvalue weighted by molar-refractivity contribution is -0.116. The number of anilines is 1. The van der Waals surface area contributed by atoms with E-state index in [0.717, 1.165) is 15.9 Å². The minimum absolute atomic E-state index is 0.0582. The largest absolute Gasteiger partial charge is 0.305 e. The number of pyridine rings is 1. The van der Waals surface area contributed by atoms with Crippen LogP contribution in [0.1, 0.15) is 18.9 Å². The molecule has 0 fully saturated rings. The number of carbonyl (C=O) groups is 1. The molecule has 0 aliphatic rings. The highest BCUT2D eigenvalue weighted by molar-refractivity contribution is 9.10. The van der Waals surface area contributed by atoms with Gasteiger partial charge in [-0.1, -0.05) is 25.2 Å². The van der Waals surface area contributed by atoms with Crippen molar-refractivity contribution in [1.82, 2.24) is 14.8 Å². The van der Waals surface area contributed by atoms with Gasteiger partial charge in [-0.15, -0.1) is 10.2 Å². The van der Waals surface area contributed by atoms with Crippen LogP contribution in [0.15, 0.2) is 27.6 Å². The highest BCUT2D eigenvalue weighted by atomic mass is 79.9. The molecule has 0 saturated carbocycles. The van der Waals surface area contributed by atoms with Crippen molar-refractivity contribution in [2.45, 2.75) is 26.8 Å². The molecule has 2 aromatic rings. The van der Waals surface area contributed by atoms with Gasteiger partial charge >= 0.3 is 0 Å². The Morgan fingerprint density at radius 2 is 2.19 bits per heavy atom. The summed E-state index contributed by atoms with van der Waals surface area (Å²) in [5.41, 5.74) is -0.230. The van der Waals surface area contributed by atoms with Crippen LogP contribution in [0.3, 0.4) is 0 Å². The van der Waals surface area contributed by atoms with E-state index < -0.39 is 0 Å². The predicted octanol–water partition coefficient (Wildman–Crippen LogP) is 2.30. The van der Waals surface area contributed by atoms with Crippen LogP contribution in [0.25, 0.3) is 0 Å². The van der Waals surface area contributed by atoms with Crippen LogP contribution in [-0.4, -0.2) is 20.7 Å². The van der Waals surface area contributed by atoms with E-state index in [4.69, 9.17) is 0 Å². The Morgan fingerprint density at radius 3 is 2.90 bits per heavy atom. The van der Waals surface area contributed by atoms with E-state index in [1.165, 1.54) is 22.0 Å². The molecule has 0 aromatic carbocycles. The molecule has 0 aliphatic heterocycles. The lowest BCUT2D eigenvalue weighted by Crippen LogP contribution is -2.26. The summed E-state index contributed by atoms with van der Waals surface area (Å²) in [5, 5.41) is 12.0. The molecule has 21 heavy (non-hydrogen) atoms. The molecule has 0 aliphatic carbocycles. The van der Waals surface area contributed by atoms with E-state index in [0.29, 0.717) is 11.0 Å². The summed E-state index contributed by atoms with van der Waals surface area (Å²) in [4.78, 5) is 23.6. The fraction of sp³-hybridized carbons (Fsp3) is 0.385. The van der Waals surface area contributed by atoms with E-state index in [9.17, 15) is 9.59 Å². The first kappa shape index (κ1) is 15.8. The van der Waals surface area contributed by atoms with Crippen molar-refractivity contribution in [3.05, 3.63) is 38.2 Å². The maximum absolute atomic E-state index is 11.9. The summed E-state index contributed by atoms with van der Waals surface area (Å²) in [6, 6.07) is 3.04. The number of nitrogens with zero attached hydrogens (tertiary/aromatic N) is 3. The molecular formula is C13H15BrN4O2S. The van der Waals surface area contributed by atoms with Gasteiger partial charge in [0, 0.05) is 23.2 Å². The summed E-state index contributed by atoms with van der Waals surface area (Å²) >= 11 is 4.62. The molecule has 112 valence electrons. The van der Waals surface area contributed by atoms with Gasteiger partial charge in [0.25, 0.3) is 5.56 Å². The maximum atomic E-state index is 11.9. The normalized spacial score (nSPS) is 10.9. The van der Waals surface area contributed by atoms with Gasteiger partial charge in [-0.05, 0) is 27.9 Å². The van der Waals surface area contributed by atoms with E-state index in [1.807, 2.05) is 0 Å². The summed E-state index contributed by atoms with van der Waals surface area (Å²) in [6.07, 6.45) is 2.41. The number of aromatic nitrogens is 3. The Kier molecular flexibility index (Phi) is 5.24. The lowest BCUT2D eigenvalue weighted by Gasteiger charge is -2.05. The van der Waals surface area contributed by atoms with Crippen molar-refractivity contribution in [2.75, 3.05) is 5.32 Å². The third-order valence-electron chi connectivity index (χ3n) is 2.56. The second kappa shape index (κ2) is 6.95. The number of hydrogen-bond acceptors (Lipinski definition) is 5. The van der Waals surface area contributed by atoms with Crippen molar-refractivity contribution in [3.63, 3.8) is 0 Å². The summed E-state index contributed by atoms with van der Waals surface area (Å²) in [5.74, 6) is 0.184. The topological polar surface area (TPSA) is 76.9 Å². The average molecular weight is 371 g/mol. The average Bonchev–Trinajstić information content (AvgIpc) is 2.80. The van der Waals surface area contributed by atoms with Crippen LogP contribution >= 0.6 is 27.3 Å². The molecule has 6 nitrogen and oxygen atoms in total. The molecule has 0 unspecified atom stereocenters. The Balaban J connectivity index is 2.00. The van der Waals surface area contributed by atoms with E-state index >= 15 is 0 Å². The third kappa shape index (κ3) is 4.75. The Bertz CT molecular complexity index is 695. The van der Waals surface area contributed by atoms with Gasteiger partial charge in [-0.3, -0.25) is 14.9 Å². The van der Waals surface area contributed by atoms with Crippen LogP contribution in [-0.2, 0) is 17.8 Å². The highest BCUT2D eigenvalue weighted by Crippen LogP contribution is 2.18. The van der Waals surface area contributed by atoms with Gasteiger partial charge in [0.05, 0.1) is 0 Å². The number of hydrogen-bond donors (Lipinski definition) is 1. The standard InChI is InChI=1S/C13H15BrN4O2S/c1-8(2)5-11-16-17-13(21-11)15-10(19)7-18-6-9(14)3-4-12(18)20/h3-4,6,8H,5,7H2,1-2H3,(H,15,17,19). The molecular weight excluding hydrogens is 356 g/mol. The van der Waals surface area contributed by atoms with Crippen molar-refractivity contribution in [1.29, 1.82) is 0 Å². The van der Waals surface area contributed by atoms with Crippen molar-refractivity contribution < 1.29 is 4.79 Å². The van der Waals surface area contributed by atoms with Gasteiger partial charge < -0.3 is 4.57 Å². The minimum atomic E-state index is -0.303. The zero-order valence-electron chi connectivity index (χ0n) is 11.7. The third-order valence-corrected chi connectivity index (χ3v) is 3.89. The number of amides is 1. The summed E-state index contributed by atoms with van der Waals surface area (Å²) in [7, 11) is 0. The van der Waals surface area contributed by atoms with Gasteiger partial charge in [0.15, 0.2) is 0 Å². The number of carbonyl (C=O) groups excluding carboxylic acids is 1. The van der Waals surface area contributed by atoms with Crippen LogP contribution in [0, 0.1) is 5.92 Å². The van der Waals surface area contributed by atoms with Crippen LogP contribution < -0.4 is 10.9 Å². The molecule has 0 atom stereocenters. The highest BCUT2D eigenvalue weighted by Gasteiger charge is 2.10. The van der Waals surface area contributed by atoms with Crippen LogP contribution in [0.5, 0.6) is 0 Å². The minimum Gasteiger partial charge on any atom is -0.305 e. The first-order valence-corrected chi connectivity index (χ1v) is 8.03.